The van der Waals surface area contributed by atoms with Gasteiger partial charge in [-0.05, 0) is 32.0 Å². The Hall–Kier alpha value is -3.42. The molecule has 0 bridgehead atoms. The van der Waals surface area contributed by atoms with Crippen LogP contribution in [0.3, 0.4) is 0 Å². The number of aryl methyl sites for hydroxylation is 1. The van der Waals surface area contributed by atoms with E-state index in [1.54, 1.807) is 0 Å². The first-order chi connectivity index (χ1) is 11.8. The lowest BCUT2D eigenvalue weighted by molar-refractivity contribution is 0.0600. The fraction of sp³-hybridized carbons (Fsp3) is 0.176. The number of esters is 1. The average Bonchev–Trinajstić information content (AvgIpc) is 2.90. The van der Waals surface area contributed by atoms with Crippen LogP contribution in [0.2, 0.25) is 0 Å². The molecule has 0 fully saturated rings. The Balaban J connectivity index is 2.39. The first-order valence-electron chi connectivity index (χ1n) is 7.20. The van der Waals surface area contributed by atoms with Crippen molar-refractivity contribution in [3.8, 4) is 0 Å². The third-order valence-corrected chi connectivity index (χ3v) is 3.46. The number of carbonyl (C=O) groups excluding carboxylic acids is 4. The number of ketones is 1. The number of nitrogens with two attached hydrogens (primary N) is 1. The number of primary amides is 1. The molecule has 1 aromatic heterocycles. The first-order valence-corrected chi connectivity index (χ1v) is 7.20. The zero-order valence-corrected chi connectivity index (χ0v) is 13.8. The van der Waals surface area contributed by atoms with Crippen LogP contribution in [-0.4, -0.2) is 30.7 Å². The largest absolute Gasteiger partial charge is 0.465 e. The van der Waals surface area contributed by atoms with Crippen LogP contribution in [0.15, 0.2) is 28.7 Å². The van der Waals surface area contributed by atoms with Crippen molar-refractivity contribution < 1.29 is 28.3 Å². The summed E-state index contributed by atoms with van der Waals surface area (Å²) in [6, 6.07) is 5.78. The zero-order chi connectivity index (χ0) is 18.7. The molecule has 0 aliphatic heterocycles. The van der Waals surface area contributed by atoms with E-state index in [9.17, 15) is 19.2 Å². The Morgan fingerprint density at radius 1 is 1.12 bits per heavy atom. The van der Waals surface area contributed by atoms with Crippen LogP contribution in [0, 0.1) is 6.92 Å². The van der Waals surface area contributed by atoms with Crippen molar-refractivity contribution in [1.82, 2.24) is 0 Å². The van der Waals surface area contributed by atoms with Gasteiger partial charge in [0.15, 0.2) is 5.78 Å². The Morgan fingerprint density at radius 3 is 2.32 bits per heavy atom. The molecule has 130 valence electrons. The van der Waals surface area contributed by atoms with Gasteiger partial charge in [-0.25, -0.2) is 4.79 Å². The second kappa shape index (κ2) is 7.00. The van der Waals surface area contributed by atoms with Gasteiger partial charge in [0, 0.05) is 5.56 Å². The van der Waals surface area contributed by atoms with Crippen molar-refractivity contribution in [2.45, 2.75) is 13.8 Å². The monoisotopic (exact) mass is 344 g/mol. The Bertz CT molecular complexity index is 881. The maximum Gasteiger partial charge on any atom is 0.337 e. The summed E-state index contributed by atoms with van der Waals surface area (Å²) in [5.41, 5.74) is 5.45. The van der Waals surface area contributed by atoms with E-state index in [2.05, 4.69) is 10.1 Å². The van der Waals surface area contributed by atoms with Gasteiger partial charge in [0.05, 0.1) is 18.2 Å². The summed E-state index contributed by atoms with van der Waals surface area (Å²) < 4.78 is 9.91. The summed E-state index contributed by atoms with van der Waals surface area (Å²) in [7, 11) is 1.23. The molecule has 0 saturated heterocycles. The van der Waals surface area contributed by atoms with E-state index >= 15 is 0 Å². The molecule has 0 radical (unpaired) electrons. The van der Waals surface area contributed by atoms with Crippen molar-refractivity contribution in [2.75, 3.05) is 12.4 Å². The number of hydrogen-bond donors (Lipinski definition) is 2. The van der Waals surface area contributed by atoms with Gasteiger partial charge in [-0.15, -0.1) is 0 Å². The quantitative estimate of drug-likeness (QED) is 0.630. The molecule has 3 N–H and O–H groups in total. The van der Waals surface area contributed by atoms with Crippen LogP contribution < -0.4 is 11.1 Å². The maximum atomic E-state index is 12.4. The van der Waals surface area contributed by atoms with Crippen LogP contribution in [0.5, 0.6) is 0 Å². The van der Waals surface area contributed by atoms with Gasteiger partial charge in [0.1, 0.15) is 11.3 Å². The number of nitrogens with one attached hydrogen (secondary N) is 1. The SMILES string of the molecule is COC(=O)c1cccc(C(=O)Nc2oc(C)c(C(C)=O)c2C(N)=O)c1. The van der Waals surface area contributed by atoms with E-state index in [4.69, 9.17) is 10.2 Å². The summed E-state index contributed by atoms with van der Waals surface area (Å²) in [6.45, 7) is 2.74. The molecule has 2 aromatic rings. The molecule has 2 amide bonds. The van der Waals surface area contributed by atoms with Gasteiger partial charge in [0.2, 0.25) is 5.88 Å². The number of anilines is 1. The molecular formula is C17H16N2O6. The summed E-state index contributed by atoms with van der Waals surface area (Å²) in [5, 5.41) is 2.40. The second-order valence-corrected chi connectivity index (χ2v) is 5.18. The van der Waals surface area contributed by atoms with E-state index in [0.29, 0.717) is 0 Å². The van der Waals surface area contributed by atoms with Gasteiger partial charge in [-0.2, -0.15) is 0 Å². The maximum absolute atomic E-state index is 12.4. The van der Waals surface area contributed by atoms with Crippen molar-refractivity contribution in [3.05, 3.63) is 52.3 Å². The fourth-order valence-electron chi connectivity index (χ4n) is 2.37. The average molecular weight is 344 g/mol. The number of methoxy groups -OCH3 is 1. The van der Waals surface area contributed by atoms with E-state index in [0.717, 1.165) is 0 Å². The number of amides is 2. The summed E-state index contributed by atoms with van der Waals surface area (Å²) in [4.78, 5) is 47.3. The van der Waals surface area contributed by atoms with Gasteiger partial charge in [-0.1, -0.05) is 6.07 Å². The van der Waals surface area contributed by atoms with Crippen LogP contribution in [0.25, 0.3) is 0 Å². The number of ether oxygens (including phenoxy) is 1. The lowest BCUT2D eigenvalue weighted by atomic mass is 10.1. The summed E-state index contributed by atoms with van der Waals surface area (Å²) >= 11 is 0. The molecular weight excluding hydrogens is 328 g/mol. The molecule has 2 rings (SSSR count). The highest BCUT2D eigenvalue weighted by atomic mass is 16.5. The Morgan fingerprint density at radius 2 is 1.76 bits per heavy atom. The molecule has 0 aliphatic carbocycles. The van der Waals surface area contributed by atoms with Gasteiger partial charge in [0.25, 0.3) is 11.8 Å². The Kier molecular flexibility index (Phi) is 5.02. The molecule has 0 unspecified atom stereocenters. The number of furan rings is 1. The summed E-state index contributed by atoms with van der Waals surface area (Å²) in [5.74, 6) is -2.61. The smallest absolute Gasteiger partial charge is 0.337 e. The molecule has 0 spiro atoms. The molecule has 8 nitrogen and oxygen atoms in total. The number of rotatable bonds is 5. The predicted octanol–water partition coefficient (Wildman–Crippen LogP) is 1.93. The number of carbonyl (C=O) groups is 4. The van der Waals surface area contributed by atoms with E-state index in [1.807, 2.05) is 0 Å². The number of Topliss-reactive ketones (excluding diaryl/α,β-unsaturated/α-hetero) is 1. The highest BCUT2D eigenvalue weighted by Gasteiger charge is 2.26. The lowest BCUT2D eigenvalue weighted by Crippen LogP contribution is -2.19. The van der Waals surface area contributed by atoms with Gasteiger partial charge < -0.3 is 14.9 Å². The van der Waals surface area contributed by atoms with Crippen molar-refractivity contribution in [2.24, 2.45) is 5.73 Å². The van der Waals surface area contributed by atoms with Gasteiger partial charge in [-0.3, -0.25) is 19.7 Å². The molecule has 1 aromatic carbocycles. The summed E-state index contributed by atoms with van der Waals surface area (Å²) in [6.07, 6.45) is 0. The fourth-order valence-corrected chi connectivity index (χ4v) is 2.37. The van der Waals surface area contributed by atoms with Crippen molar-refractivity contribution in [1.29, 1.82) is 0 Å². The molecule has 25 heavy (non-hydrogen) atoms. The number of hydrogen-bond acceptors (Lipinski definition) is 6. The third-order valence-electron chi connectivity index (χ3n) is 3.46. The predicted molar refractivity (Wildman–Crippen MR) is 87.7 cm³/mol. The highest BCUT2D eigenvalue weighted by molar-refractivity contribution is 6.13. The normalized spacial score (nSPS) is 10.2. The second-order valence-electron chi connectivity index (χ2n) is 5.18. The molecule has 0 atom stereocenters. The van der Waals surface area contributed by atoms with E-state index < -0.39 is 23.6 Å². The van der Waals surface area contributed by atoms with Crippen LogP contribution in [0.1, 0.15) is 54.1 Å². The minimum atomic E-state index is -0.902. The first kappa shape index (κ1) is 17.9. The minimum Gasteiger partial charge on any atom is -0.465 e. The topological polar surface area (TPSA) is 129 Å². The zero-order valence-electron chi connectivity index (χ0n) is 13.8. The van der Waals surface area contributed by atoms with Crippen molar-refractivity contribution >= 4 is 29.5 Å². The molecule has 8 heteroatoms. The van der Waals surface area contributed by atoms with Crippen LogP contribution >= 0.6 is 0 Å². The highest BCUT2D eigenvalue weighted by Crippen LogP contribution is 2.27. The van der Waals surface area contributed by atoms with E-state index in [-0.39, 0.29) is 33.9 Å². The minimum absolute atomic E-state index is 0.0195. The third kappa shape index (κ3) is 3.57. The van der Waals surface area contributed by atoms with Crippen LogP contribution in [-0.2, 0) is 4.74 Å². The van der Waals surface area contributed by atoms with Crippen LogP contribution in [0.4, 0.5) is 5.88 Å². The van der Waals surface area contributed by atoms with Gasteiger partial charge >= 0.3 is 5.97 Å². The van der Waals surface area contributed by atoms with Crippen molar-refractivity contribution in [3.63, 3.8) is 0 Å². The lowest BCUT2D eigenvalue weighted by Gasteiger charge is -2.05. The van der Waals surface area contributed by atoms with E-state index in [1.165, 1.54) is 45.2 Å². The Labute approximate surface area is 142 Å². The molecule has 0 saturated carbocycles. The number of benzene rings is 1. The molecule has 0 aliphatic rings. The molecule has 1 heterocycles. The standard InChI is InChI=1S/C17H16N2O6/c1-8(20)12-9(2)25-16(13(12)14(18)21)19-15(22)10-5-4-6-11(7-10)17(23)24-3/h4-7H,1-3H3,(H2,18,21)(H,19,22).